The van der Waals surface area contributed by atoms with Crippen LogP contribution in [0.2, 0.25) is 0 Å². The summed E-state index contributed by atoms with van der Waals surface area (Å²) in [5.74, 6) is -0.318. The van der Waals surface area contributed by atoms with Gasteiger partial charge in [0.05, 0.1) is 50.5 Å². The third-order valence-corrected chi connectivity index (χ3v) is 10.5. The first-order valence-electron chi connectivity index (χ1n) is 19.1. The van der Waals surface area contributed by atoms with Crippen molar-refractivity contribution in [1.82, 2.24) is 35.5 Å². The number of imidazole rings is 1. The van der Waals surface area contributed by atoms with Crippen LogP contribution in [0.3, 0.4) is 0 Å². The summed E-state index contributed by atoms with van der Waals surface area (Å²) in [6.07, 6.45) is 8.41. The Morgan fingerprint density at radius 1 is 0.810 bits per heavy atom. The number of esters is 1. The second kappa shape index (κ2) is 17.9. The second-order valence-corrected chi connectivity index (χ2v) is 14.1. The predicted molar refractivity (Wildman–Crippen MR) is 217 cm³/mol. The van der Waals surface area contributed by atoms with Crippen molar-refractivity contribution < 1.29 is 28.7 Å². The zero-order valence-corrected chi connectivity index (χ0v) is 32.4. The predicted octanol–water partition coefficient (Wildman–Crippen LogP) is 6.33. The Hall–Kier alpha value is -6.96. The van der Waals surface area contributed by atoms with Crippen molar-refractivity contribution in [3.8, 4) is 22.6 Å². The third kappa shape index (κ3) is 8.86. The SMILES string of the molecule is COC(=O)C[C@@H](C(=O)N1CCC[C@H]1c1ncc(-c2ccc(-c3ncc(C4=CN=C([C@H](C)NC(=O)[C@H](NC(=O)OC)c5ccccc5)C4)cn3)cc2)[nH]1)c1ccccc1. The summed E-state index contributed by atoms with van der Waals surface area (Å²) in [5.41, 5.74) is 6.47. The first kappa shape index (κ1) is 39.3. The number of likely N-dealkylation sites (tertiary alicyclic amines) is 1. The quantitative estimate of drug-likeness (QED) is 0.115. The molecule has 2 aromatic heterocycles. The van der Waals surface area contributed by atoms with E-state index >= 15 is 0 Å². The molecule has 0 spiro atoms. The highest BCUT2D eigenvalue weighted by Gasteiger charge is 2.37. The molecule has 3 N–H and O–H groups in total. The number of ether oxygens (including phenoxy) is 2. The van der Waals surface area contributed by atoms with Crippen LogP contribution in [0.4, 0.5) is 4.79 Å². The fourth-order valence-corrected chi connectivity index (χ4v) is 7.28. The van der Waals surface area contributed by atoms with Gasteiger partial charge in [-0.1, -0.05) is 84.9 Å². The number of nitrogens with zero attached hydrogens (tertiary/aromatic N) is 5. The number of aromatic amines is 1. The Morgan fingerprint density at radius 3 is 2.16 bits per heavy atom. The molecule has 2 aliphatic heterocycles. The van der Waals surface area contributed by atoms with Crippen molar-refractivity contribution in [2.45, 2.75) is 56.7 Å². The minimum Gasteiger partial charge on any atom is -0.469 e. The largest absolute Gasteiger partial charge is 0.469 e. The maximum absolute atomic E-state index is 13.9. The Kier molecular flexibility index (Phi) is 12.1. The van der Waals surface area contributed by atoms with Gasteiger partial charge in [-0.25, -0.2) is 19.7 Å². The molecule has 3 amide bonds. The van der Waals surface area contributed by atoms with Gasteiger partial charge in [0.2, 0.25) is 11.8 Å². The van der Waals surface area contributed by atoms with E-state index in [1.54, 1.807) is 49.1 Å². The molecule has 4 atom stereocenters. The van der Waals surface area contributed by atoms with E-state index in [1.807, 2.05) is 72.5 Å². The first-order chi connectivity index (χ1) is 28.2. The number of aromatic nitrogens is 4. The van der Waals surface area contributed by atoms with Crippen LogP contribution < -0.4 is 10.6 Å². The van der Waals surface area contributed by atoms with E-state index in [-0.39, 0.29) is 24.3 Å². The number of hydrogen-bond donors (Lipinski definition) is 3. The molecule has 5 aromatic rings. The number of carbonyl (C=O) groups is 4. The molecule has 0 radical (unpaired) electrons. The molecule has 4 heterocycles. The maximum atomic E-state index is 13.9. The highest BCUT2D eigenvalue weighted by atomic mass is 16.5. The molecule has 7 rings (SSSR count). The normalized spacial score (nSPS) is 16.4. The van der Waals surface area contributed by atoms with Gasteiger partial charge in [0.1, 0.15) is 11.9 Å². The van der Waals surface area contributed by atoms with Crippen molar-refractivity contribution in [2.75, 3.05) is 20.8 Å². The van der Waals surface area contributed by atoms with E-state index in [4.69, 9.17) is 9.47 Å². The minimum atomic E-state index is -0.933. The van der Waals surface area contributed by atoms with E-state index in [9.17, 15) is 19.2 Å². The number of allylic oxidation sites excluding steroid dienone is 1. The lowest BCUT2D eigenvalue weighted by Gasteiger charge is -2.28. The Labute approximate surface area is 335 Å². The summed E-state index contributed by atoms with van der Waals surface area (Å²) in [6, 6.07) is 24.6. The second-order valence-electron chi connectivity index (χ2n) is 14.1. The van der Waals surface area contributed by atoms with Crippen LogP contribution in [0.25, 0.3) is 28.2 Å². The fourth-order valence-electron chi connectivity index (χ4n) is 7.28. The Balaban J connectivity index is 0.962. The first-order valence-corrected chi connectivity index (χ1v) is 19.1. The molecule has 1 saturated heterocycles. The summed E-state index contributed by atoms with van der Waals surface area (Å²) >= 11 is 0. The summed E-state index contributed by atoms with van der Waals surface area (Å²) in [6.45, 7) is 2.43. The molecule has 0 unspecified atom stereocenters. The number of carbonyl (C=O) groups excluding carboxylic acids is 4. The fraction of sp³-hybridized carbons (Fsp3) is 0.273. The van der Waals surface area contributed by atoms with Gasteiger partial charge < -0.3 is 30.0 Å². The molecule has 0 saturated carbocycles. The summed E-state index contributed by atoms with van der Waals surface area (Å²) in [7, 11) is 2.58. The molecule has 1 fully saturated rings. The molecule has 58 heavy (non-hydrogen) atoms. The number of benzene rings is 3. The molecule has 2 aliphatic rings. The number of rotatable bonds is 13. The van der Waals surface area contributed by atoms with Gasteiger partial charge >= 0.3 is 12.1 Å². The van der Waals surface area contributed by atoms with Crippen LogP contribution in [0.1, 0.15) is 73.1 Å². The lowest BCUT2D eigenvalue weighted by molar-refractivity contribution is -0.145. The van der Waals surface area contributed by atoms with E-state index in [0.29, 0.717) is 30.2 Å². The number of alkyl carbamates (subject to hydrolysis) is 1. The molecular weight excluding hydrogens is 737 g/mol. The van der Waals surface area contributed by atoms with Gasteiger partial charge in [0.25, 0.3) is 0 Å². The van der Waals surface area contributed by atoms with Crippen molar-refractivity contribution in [1.29, 1.82) is 0 Å². The van der Waals surface area contributed by atoms with Gasteiger partial charge in [0.15, 0.2) is 5.82 Å². The Bertz CT molecular complexity index is 2310. The highest BCUT2D eigenvalue weighted by Crippen LogP contribution is 2.36. The molecule has 3 aromatic carbocycles. The average molecular weight is 781 g/mol. The van der Waals surface area contributed by atoms with Crippen LogP contribution in [-0.4, -0.2) is 81.2 Å². The zero-order valence-electron chi connectivity index (χ0n) is 32.4. The topological polar surface area (TPSA) is 181 Å². The summed E-state index contributed by atoms with van der Waals surface area (Å²) < 4.78 is 9.66. The minimum absolute atomic E-state index is 0.0333. The average Bonchev–Trinajstić information content (AvgIpc) is 4.07. The molecule has 0 aliphatic carbocycles. The highest BCUT2D eigenvalue weighted by molar-refractivity contribution is 6.03. The molecule has 14 nitrogen and oxygen atoms in total. The van der Waals surface area contributed by atoms with E-state index < -0.39 is 30.1 Å². The van der Waals surface area contributed by atoms with Crippen LogP contribution >= 0.6 is 0 Å². The van der Waals surface area contributed by atoms with Gasteiger partial charge in [-0.2, -0.15) is 0 Å². The number of amides is 3. The Morgan fingerprint density at radius 2 is 1.48 bits per heavy atom. The molecular formula is C44H44N8O6. The lowest BCUT2D eigenvalue weighted by Crippen LogP contribution is -2.45. The zero-order chi connectivity index (χ0) is 40.6. The smallest absolute Gasteiger partial charge is 0.407 e. The standard InChI is InChI=1S/C44H44N8O6/c1-27(49-42(54)39(51-44(56)58-3)30-13-8-5-9-14-30)35-21-32(23-45-35)33-24-46-40(47-25-33)31-18-16-29(17-19-31)36-26-48-41(50-36)37-15-10-20-52(37)43(55)34(22-38(53)57-2)28-11-6-4-7-12-28/h4-9,11-14,16-19,23-27,34,37,39H,10,15,20-22H2,1-3H3,(H,48,50)(H,49,54)(H,51,56)/t27-,34+,37-,39+/m0/s1. The number of methoxy groups -OCH3 is 2. The van der Waals surface area contributed by atoms with E-state index in [2.05, 4.69) is 35.6 Å². The lowest BCUT2D eigenvalue weighted by atomic mass is 9.94. The van der Waals surface area contributed by atoms with Crippen LogP contribution in [0.15, 0.2) is 115 Å². The number of nitrogens with one attached hydrogen (secondary N) is 3. The number of aliphatic imine (C=N–C) groups is 1. The molecule has 0 bridgehead atoms. The van der Waals surface area contributed by atoms with Crippen molar-refractivity contribution >= 4 is 35.2 Å². The molecule has 296 valence electrons. The van der Waals surface area contributed by atoms with E-state index in [1.165, 1.54) is 14.2 Å². The van der Waals surface area contributed by atoms with Crippen molar-refractivity contribution in [3.63, 3.8) is 0 Å². The third-order valence-electron chi connectivity index (χ3n) is 10.5. The monoisotopic (exact) mass is 780 g/mol. The summed E-state index contributed by atoms with van der Waals surface area (Å²) in [5, 5.41) is 5.57. The van der Waals surface area contributed by atoms with Crippen LogP contribution in [-0.2, 0) is 23.9 Å². The number of H-pyrrole nitrogens is 1. The van der Waals surface area contributed by atoms with Gasteiger partial charge in [-0.15, -0.1) is 0 Å². The van der Waals surface area contributed by atoms with Gasteiger partial charge in [0, 0.05) is 48.4 Å². The van der Waals surface area contributed by atoms with Crippen molar-refractivity contribution in [2.24, 2.45) is 4.99 Å². The number of hydrogen-bond acceptors (Lipinski definition) is 10. The van der Waals surface area contributed by atoms with Gasteiger partial charge in [-0.3, -0.25) is 19.4 Å². The van der Waals surface area contributed by atoms with Crippen molar-refractivity contribution in [3.05, 3.63) is 132 Å². The molecule has 14 heteroatoms. The van der Waals surface area contributed by atoms with Gasteiger partial charge in [-0.05, 0) is 42.0 Å². The van der Waals surface area contributed by atoms with Crippen LogP contribution in [0, 0.1) is 0 Å². The maximum Gasteiger partial charge on any atom is 0.407 e. The van der Waals surface area contributed by atoms with Crippen LogP contribution in [0.5, 0.6) is 0 Å². The summed E-state index contributed by atoms with van der Waals surface area (Å²) in [4.78, 5) is 75.3. The van der Waals surface area contributed by atoms with E-state index in [0.717, 1.165) is 52.1 Å².